The summed E-state index contributed by atoms with van der Waals surface area (Å²) in [6, 6.07) is 12.0. The molecule has 110 valence electrons. The normalized spacial score (nSPS) is 12.1. The van der Waals surface area contributed by atoms with Crippen LogP contribution >= 0.6 is 0 Å². The van der Waals surface area contributed by atoms with E-state index in [4.69, 9.17) is 5.26 Å². The van der Waals surface area contributed by atoms with Gasteiger partial charge >= 0.3 is 0 Å². The van der Waals surface area contributed by atoms with Crippen LogP contribution in [-0.4, -0.2) is 16.3 Å². The number of hydrogen-bond donors (Lipinski definition) is 1. The van der Waals surface area contributed by atoms with Gasteiger partial charge in [-0.05, 0) is 50.1 Å². The maximum absolute atomic E-state index is 8.89. The summed E-state index contributed by atoms with van der Waals surface area (Å²) >= 11 is 0. The maximum Gasteiger partial charge on any atom is 0.0991 e. The molecule has 1 heterocycles. The highest BCUT2D eigenvalue weighted by atomic mass is 15.3. The van der Waals surface area contributed by atoms with Crippen molar-refractivity contribution in [2.24, 2.45) is 5.92 Å². The smallest absolute Gasteiger partial charge is 0.0991 e. The van der Waals surface area contributed by atoms with Crippen LogP contribution in [0.3, 0.4) is 0 Å². The predicted octanol–water partition coefficient (Wildman–Crippen LogP) is 2.80. The molecular formula is C17H22N4. The molecule has 2 rings (SSSR count). The van der Waals surface area contributed by atoms with E-state index in [1.54, 1.807) is 0 Å². The average molecular weight is 282 g/mol. The zero-order valence-corrected chi connectivity index (χ0v) is 12.9. The van der Waals surface area contributed by atoms with Crippen LogP contribution in [0.1, 0.15) is 29.4 Å². The minimum absolute atomic E-state index is 0.502. The number of nitriles is 1. The molecule has 21 heavy (non-hydrogen) atoms. The lowest BCUT2D eigenvalue weighted by atomic mass is 10.1. The molecular weight excluding hydrogens is 260 g/mol. The average Bonchev–Trinajstić information content (AvgIpc) is 2.77. The van der Waals surface area contributed by atoms with Crippen LogP contribution in [-0.2, 0) is 13.1 Å². The van der Waals surface area contributed by atoms with Gasteiger partial charge in [0.1, 0.15) is 0 Å². The quantitative estimate of drug-likeness (QED) is 0.886. The van der Waals surface area contributed by atoms with E-state index in [9.17, 15) is 0 Å². The van der Waals surface area contributed by atoms with Gasteiger partial charge in [-0.3, -0.25) is 4.68 Å². The summed E-state index contributed by atoms with van der Waals surface area (Å²) < 4.78 is 2.07. The second-order valence-electron chi connectivity index (χ2n) is 5.66. The Morgan fingerprint density at radius 1 is 1.33 bits per heavy atom. The van der Waals surface area contributed by atoms with E-state index in [2.05, 4.69) is 41.1 Å². The van der Waals surface area contributed by atoms with Gasteiger partial charge in [0.05, 0.1) is 17.3 Å². The molecule has 4 heteroatoms. The zero-order valence-electron chi connectivity index (χ0n) is 12.9. The fraction of sp³-hybridized carbons (Fsp3) is 0.412. The van der Waals surface area contributed by atoms with Crippen molar-refractivity contribution in [2.75, 3.05) is 6.54 Å². The number of nitrogens with zero attached hydrogens (tertiary/aromatic N) is 3. The Bertz CT molecular complexity index is 636. The van der Waals surface area contributed by atoms with E-state index in [0.717, 1.165) is 30.9 Å². The van der Waals surface area contributed by atoms with Crippen molar-refractivity contribution in [1.29, 1.82) is 5.26 Å². The van der Waals surface area contributed by atoms with Gasteiger partial charge in [-0.1, -0.05) is 19.1 Å². The lowest BCUT2D eigenvalue weighted by Gasteiger charge is -2.14. The largest absolute Gasteiger partial charge is 0.312 e. The zero-order chi connectivity index (χ0) is 15.2. The summed E-state index contributed by atoms with van der Waals surface area (Å²) in [5.74, 6) is 0.502. The summed E-state index contributed by atoms with van der Waals surface area (Å²) in [6.07, 6.45) is 0. The second kappa shape index (κ2) is 7.05. The third-order valence-corrected chi connectivity index (χ3v) is 3.47. The summed E-state index contributed by atoms with van der Waals surface area (Å²) in [7, 11) is 0. The van der Waals surface area contributed by atoms with Crippen molar-refractivity contribution in [1.82, 2.24) is 15.1 Å². The standard InChI is InChI=1S/C17H22N4/c1-13(12-21-15(3)7-14(2)20-21)10-19-11-17-6-4-5-16(8-17)9-18/h4-8,13,19H,10-12H2,1-3H3/t13-/m0/s1. The Morgan fingerprint density at radius 2 is 2.14 bits per heavy atom. The van der Waals surface area contributed by atoms with Gasteiger partial charge in [-0.25, -0.2) is 0 Å². The van der Waals surface area contributed by atoms with Crippen LogP contribution in [0.2, 0.25) is 0 Å². The van der Waals surface area contributed by atoms with Crippen LogP contribution in [0.25, 0.3) is 0 Å². The second-order valence-corrected chi connectivity index (χ2v) is 5.66. The molecule has 0 amide bonds. The van der Waals surface area contributed by atoms with E-state index < -0.39 is 0 Å². The Balaban J connectivity index is 1.80. The van der Waals surface area contributed by atoms with Gasteiger partial charge in [0.2, 0.25) is 0 Å². The summed E-state index contributed by atoms with van der Waals surface area (Å²) in [5, 5.41) is 16.8. The highest BCUT2D eigenvalue weighted by Gasteiger charge is 2.07. The minimum Gasteiger partial charge on any atom is -0.312 e. The molecule has 0 aliphatic rings. The van der Waals surface area contributed by atoms with Crippen LogP contribution in [0.15, 0.2) is 30.3 Å². The molecule has 1 aromatic carbocycles. The monoisotopic (exact) mass is 282 g/mol. The van der Waals surface area contributed by atoms with Crippen LogP contribution < -0.4 is 5.32 Å². The van der Waals surface area contributed by atoms with Gasteiger partial charge in [-0.15, -0.1) is 0 Å². The van der Waals surface area contributed by atoms with Crippen LogP contribution in [0.5, 0.6) is 0 Å². The van der Waals surface area contributed by atoms with Crippen molar-refractivity contribution in [3.05, 3.63) is 52.8 Å². The fourth-order valence-corrected chi connectivity index (χ4v) is 2.43. The van der Waals surface area contributed by atoms with Crippen molar-refractivity contribution >= 4 is 0 Å². The topological polar surface area (TPSA) is 53.6 Å². The van der Waals surface area contributed by atoms with Crippen molar-refractivity contribution < 1.29 is 0 Å². The molecule has 0 saturated heterocycles. The number of rotatable bonds is 6. The number of benzene rings is 1. The fourth-order valence-electron chi connectivity index (χ4n) is 2.43. The summed E-state index contributed by atoms with van der Waals surface area (Å²) in [4.78, 5) is 0. The van der Waals surface area contributed by atoms with Crippen molar-refractivity contribution in [3.63, 3.8) is 0 Å². The molecule has 2 aromatic rings. The van der Waals surface area contributed by atoms with E-state index in [1.807, 2.05) is 31.2 Å². The molecule has 0 aliphatic carbocycles. The Morgan fingerprint density at radius 3 is 2.81 bits per heavy atom. The van der Waals surface area contributed by atoms with Crippen LogP contribution in [0, 0.1) is 31.1 Å². The van der Waals surface area contributed by atoms with Gasteiger partial charge in [0, 0.05) is 18.8 Å². The third kappa shape index (κ3) is 4.44. The molecule has 1 aromatic heterocycles. The van der Waals surface area contributed by atoms with Gasteiger partial charge in [0.25, 0.3) is 0 Å². The van der Waals surface area contributed by atoms with Crippen LogP contribution in [0.4, 0.5) is 0 Å². The van der Waals surface area contributed by atoms with Crippen molar-refractivity contribution in [2.45, 2.75) is 33.9 Å². The summed E-state index contributed by atoms with van der Waals surface area (Å²) in [6.45, 7) is 8.97. The van der Waals surface area contributed by atoms with Gasteiger partial charge in [0.15, 0.2) is 0 Å². The first kappa shape index (κ1) is 15.3. The minimum atomic E-state index is 0.502. The summed E-state index contributed by atoms with van der Waals surface area (Å²) in [5.41, 5.74) is 4.14. The number of hydrogen-bond acceptors (Lipinski definition) is 3. The molecule has 0 saturated carbocycles. The van der Waals surface area contributed by atoms with E-state index in [0.29, 0.717) is 11.5 Å². The van der Waals surface area contributed by atoms with Crippen molar-refractivity contribution in [3.8, 4) is 6.07 Å². The van der Waals surface area contributed by atoms with E-state index in [-0.39, 0.29) is 0 Å². The molecule has 0 aliphatic heterocycles. The Kier molecular flexibility index (Phi) is 5.13. The molecule has 1 N–H and O–H groups in total. The number of aryl methyl sites for hydroxylation is 2. The molecule has 0 spiro atoms. The lowest BCUT2D eigenvalue weighted by molar-refractivity contribution is 0.416. The molecule has 0 radical (unpaired) electrons. The highest BCUT2D eigenvalue weighted by Crippen LogP contribution is 2.07. The van der Waals surface area contributed by atoms with E-state index in [1.165, 1.54) is 5.69 Å². The first-order chi connectivity index (χ1) is 10.1. The first-order valence-corrected chi connectivity index (χ1v) is 7.29. The molecule has 4 nitrogen and oxygen atoms in total. The van der Waals surface area contributed by atoms with E-state index >= 15 is 0 Å². The van der Waals surface area contributed by atoms with Gasteiger partial charge < -0.3 is 5.32 Å². The molecule has 0 bridgehead atoms. The lowest BCUT2D eigenvalue weighted by Crippen LogP contribution is -2.24. The Labute approximate surface area is 126 Å². The SMILES string of the molecule is Cc1cc(C)n(C[C@@H](C)CNCc2cccc(C#N)c2)n1. The maximum atomic E-state index is 8.89. The van der Waals surface area contributed by atoms with Gasteiger partial charge in [-0.2, -0.15) is 10.4 Å². The predicted molar refractivity (Wildman–Crippen MR) is 83.7 cm³/mol. The molecule has 0 unspecified atom stereocenters. The molecule has 1 atom stereocenters. The Hall–Kier alpha value is -2.12. The number of aromatic nitrogens is 2. The highest BCUT2D eigenvalue weighted by molar-refractivity contribution is 5.32. The third-order valence-electron chi connectivity index (χ3n) is 3.47. The first-order valence-electron chi connectivity index (χ1n) is 7.29. The molecule has 0 fully saturated rings. The number of nitrogens with one attached hydrogen (secondary N) is 1.